The van der Waals surface area contributed by atoms with Gasteiger partial charge >= 0.3 is 0 Å². The molecule has 4 heteroatoms. The van der Waals surface area contributed by atoms with Crippen molar-refractivity contribution in [1.29, 1.82) is 0 Å². The maximum absolute atomic E-state index is 13.4. The minimum atomic E-state index is -0.224. The fraction of sp³-hybridized carbons (Fsp3) is 0.429. The average molecular weight is 342 g/mol. The molecule has 2 aromatic carbocycles. The number of hydrogen-bond donors (Lipinski definition) is 1. The Labute approximate surface area is 147 Å². The Kier molecular flexibility index (Phi) is 4.57. The van der Waals surface area contributed by atoms with Gasteiger partial charge in [0, 0.05) is 6.54 Å². The molecule has 132 valence electrons. The van der Waals surface area contributed by atoms with Gasteiger partial charge in [0.05, 0.1) is 6.04 Å². The number of hydrogen-bond acceptors (Lipinski definition) is 2. The number of rotatable bonds is 3. The van der Waals surface area contributed by atoms with Gasteiger partial charge in [0.25, 0.3) is 0 Å². The zero-order valence-electron chi connectivity index (χ0n) is 14.3. The molecule has 0 atom stereocenters. The van der Waals surface area contributed by atoms with Crippen LogP contribution in [0.5, 0.6) is 0 Å². The van der Waals surface area contributed by atoms with Crippen molar-refractivity contribution in [2.75, 3.05) is 26.2 Å². The van der Waals surface area contributed by atoms with Gasteiger partial charge < -0.3 is 5.32 Å². The molecule has 2 heterocycles. The van der Waals surface area contributed by atoms with E-state index in [0.717, 1.165) is 37.3 Å². The van der Waals surface area contributed by atoms with Gasteiger partial charge in [0.15, 0.2) is 0 Å². The van der Waals surface area contributed by atoms with Gasteiger partial charge in [0.1, 0.15) is 11.6 Å². The molecule has 1 spiro atoms. The summed E-state index contributed by atoms with van der Waals surface area (Å²) in [5.74, 6) is -0.448. The van der Waals surface area contributed by atoms with E-state index in [4.69, 9.17) is 0 Å². The van der Waals surface area contributed by atoms with Crippen LogP contribution in [0.15, 0.2) is 48.5 Å². The van der Waals surface area contributed by atoms with Crippen molar-refractivity contribution in [2.24, 2.45) is 5.41 Å². The van der Waals surface area contributed by atoms with Crippen LogP contribution in [0.4, 0.5) is 8.78 Å². The highest BCUT2D eigenvalue weighted by Crippen LogP contribution is 2.43. The van der Waals surface area contributed by atoms with Gasteiger partial charge in [-0.3, -0.25) is 4.90 Å². The molecule has 1 N–H and O–H groups in total. The fourth-order valence-corrected chi connectivity index (χ4v) is 4.46. The van der Waals surface area contributed by atoms with E-state index in [2.05, 4.69) is 10.2 Å². The van der Waals surface area contributed by atoms with Crippen molar-refractivity contribution < 1.29 is 8.78 Å². The van der Waals surface area contributed by atoms with Crippen LogP contribution >= 0.6 is 0 Å². The zero-order valence-corrected chi connectivity index (χ0v) is 14.3. The van der Waals surface area contributed by atoms with Gasteiger partial charge in [-0.15, -0.1) is 0 Å². The second kappa shape index (κ2) is 6.85. The van der Waals surface area contributed by atoms with E-state index in [9.17, 15) is 8.78 Å². The second-order valence-corrected chi connectivity index (χ2v) is 7.48. The van der Waals surface area contributed by atoms with Crippen LogP contribution < -0.4 is 5.32 Å². The summed E-state index contributed by atoms with van der Waals surface area (Å²) in [6.07, 6.45) is 3.62. The Morgan fingerprint density at radius 1 is 0.800 bits per heavy atom. The van der Waals surface area contributed by atoms with E-state index >= 15 is 0 Å². The lowest BCUT2D eigenvalue weighted by Gasteiger charge is -2.36. The first kappa shape index (κ1) is 16.7. The lowest BCUT2D eigenvalue weighted by Crippen LogP contribution is -2.39. The van der Waals surface area contributed by atoms with E-state index < -0.39 is 0 Å². The first-order valence-corrected chi connectivity index (χ1v) is 9.11. The molecule has 0 saturated carbocycles. The number of piperidine rings is 1. The monoisotopic (exact) mass is 342 g/mol. The van der Waals surface area contributed by atoms with E-state index in [-0.39, 0.29) is 17.7 Å². The number of nitrogens with zero attached hydrogens (tertiary/aromatic N) is 1. The number of halogens is 2. The number of benzene rings is 2. The summed E-state index contributed by atoms with van der Waals surface area (Å²) in [5.41, 5.74) is 2.53. The Morgan fingerprint density at radius 2 is 1.32 bits per heavy atom. The summed E-state index contributed by atoms with van der Waals surface area (Å²) >= 11 is 0. The number of nitrogens with one attached hydrogen (secondary N) is 1. The highest BCUT2D eigenvalue weighted by atomic mass is 19.1. The van der Waals surface area contributed by atoms with Crippen molar-refractivity contribution in [1.82, 2.24) is 10.2 Å². The van der Waals surface area contributed by atoms with Crippen LogP contribution in [0.3, 0.4) is 0 Å². The lowest BCUT2D eigenvalue weighted by molar-refractivity contribution is 0.181. The summed E-state index contributed by atoms with van der Waals surface area (Å²) in [7, 11) is 0. The molecule has 2 saturated heterocycles. The van der Waals surface area contributed by atoms with Crippen LogP contribution in [-0.2, 0) is 0 Å². The summed E-state index contributed by atoms with van der Waals surface area (Å²) in [6, 6.07) is 13.5. The highest BCUT2D eigenvalue weighted by molar-refractivity contribution is 5.33. The number of likely N-dealkylation sites (tertiary alicyclic amines) is 1. The summed E-state index contributed by atoms with van der Waals surface area (Å²) in [6.45, 7) is 4.25. The molecule has 0 bridgehead atoms. The smallest absolute Gasteiger partial charge is 0.123 e. The van der Waals surface area contributed by atoms with Crippen LogP contribution in [0.25, 0.3) is 0 Å². The predicted octanol–water partition coefficient (Wildman–Crippen LogP) is 4.13. The molecule has 2 aliphatic heterocycles. The maximum atomic E-state index is 13.4. The highest BCUT2D eigenvalue weighted by Gasteiger charge is 2.41. The predicted molar refractivity (Wildman–Crippen MR) is 95.4 cm³/mol. The van der Waals surface area contributed by atoms with Crippen molar-refractivity contribution in [3.05, 3.63) is 71.3 Å². The largest absolute Gasteiger partial charge is 0.317 e. The molecular weight excluding hydrogens is 318 g/mol. The van der Waals surface area contributed by atoms with Crippen molar-refractivity contribution in [2.45, 2.75) is 25.3 Å². The maximum Gasteiger partial charge on any atom is 0.123 e. The average Bonchev–Trinajstić information content (AvgIpc) is 3.02. The zero-order chi connectivity index (χ0) is 17.3. The van der Waals surface area contributed by atoms with E-state index in [1.165, 1.54) is 43.5 Å². The van der Waals surface area contributed by atoms with Crippen molar-refractivity contribution >= 4 is 0 Å². The first-order chi connectivity index (χ1) is 12.2. The molecular formula is C21H24F2N2. The molecule has 2 aromatic rings. The second-order valence-electron chi connectivity index (χ2n) is 7.48. The van der Waals surface area contributed by atoms with Gasteiger partial charge in [-0.05, 0) is 79.7 Å². The molecule has 25 heavy (non-hydrogen) atoms. The minimum Gasteiger partial charge on any atom is -0.317 e. The third-order valence-electron chi connectivity index (χ3n) is 5.87. The molecule has 0 aliphatic carbocycles. The lowest BCUT2D eigenvalue weighted by atomic mass is 9.78. The van der Waals surface area contributed by atoms with Gasteiger partial charge in [-0.1, -0.05) is 24.3 Å². The summed E-state index contributed by atoms with van der Waals surface area (Å²) in [4.78, 5) is 2.49. The van der Waals surface area contributed by atoms with E-state index in [1.54, 1.807) is 0 Å². The molecule has 2 aliphatic rings. The molecule has 0 amide bonds. The van der Waals surface area contributed by atoms with Gasteiger partial charge in [-0.25, -0.2) is 8.78 Å². The fourth-order valence-electron chi connectivity index (χ4n) is 4.46. The Morgan fingerprint density at radius 3 is 1.84 bits per heavy atom. The Balaban J connectivity index is 1.66. The first-order valence-electron chi connectivity index (χ1n) is 9.11. The third kappa shape index (κ3) is 3.46. The molecule has 0 radical (unpaired) electrons. The van der Waals surface area contributed by atoms with Crippen LogP contribution in [0, 0.1) is 17.0 Å². The summed E-state index contributed by atoms with van der Waals surface area (Å²) in [5, 5.41) is 3.45. The molecule has 0 unspecified atom stereocenters. The SMILES string of the molecule is Fc1ccc(C(c2ccc(F)cc2)N2CCC3(CCNCC3)C2)cc1. The van der Waals surface area contributed by atoms with Gasteiger partial charge in [0.2, 0.25) is 0 Å². The quantitative estimate of drug-likeness (QED) is 0.902. The normalized spacial score (nSPS) is 20.4. The van der Waals surface area contributed by atoms with Crippen LogP contribution in [0.1, 0.15) is 36.4 Å². The van der Waals surface area contributed by atoms with Crippen LogP contribution in [0.2, 0.25) is 0 Å². The molecule has 0 aromatic heterocycles. The molecule has 2 fully saturated rings. The Bertz CT molecular complexity index is 660. The molecule has 2 nitrogen and oxygen atoms in total. The Hall–Kier alpha value is -1.78. The summed E-state index contributed by atoms with van der Waals surface area (Å²) < 4.78 is 26.8. The molecule has 4 rings (SSSR count). The minimum absolute atomic E-state index is 0.0514. The van der Waals surface area contributed by atoms with Gasteiger partial charge in [-0.2, -0.15) is 0 Å². The van der Waals surface area contributed by atoms with E-state index in [0.29, 0.717) is 5.41 Å². The topological polar surface area (TPSA) is 15.3 Å². The van der Waals surface area contributed by atoms with Crippen molar-refractivity contribution in [3.8, 4) is 0 Å². The van der Waals surface area contributed by atoms with Crippen molar-refractivity contribution in [3.63, 3.8) is 0 Å². The van der Waals surface area contributed by atoms with E-state index in [1.807, 2.05) is 24.3 Å². The van der Waals surface area contributed by atoms with Crippen LogP contribution in [-0.4, -0.2) is 31.1 Å². The standard InChI is InChI=1S/C21H24F2N2/c22-18-5-1-16(2-6-18)20(17-3-7-19(23)8-4-17)25-14-11-21(15-25)9-12-24-13-10-21/h1-8,20,24H,9-15H2. The third-order valence-corrected chi connectivity index (χ3v) is 5.87.